The summed E-state index contributed by atoms with van der Waals surface area (Å²) in [6, 6.07) is 6.07. The lowest BCUT2D eigenvalue weighted by molar-refractivity contribution is 0.242. The molecule has 0 saturated carbocycles. The van der Waals surface area contributed by atoms with E-state index in [4.69, 9.17) is 9.15 Å². The Morgan fingerprint density at radius 3 is 2.65 bits per heavy atom. The molecule has 1 heterocycles. The Morgan fingerprint density at radius 2 is 2.00 bits per heavy atom. The molecule has 1 aromatic heterocycles. The van der Waals surface area contributed by atoms with E-state index >= 15 is 0 Å². The molecule has 0 amide bonds. The van der Waals surface area contributed by atoms with E-state index in [1.165, 1.54) is 43.2 Å². The summed E-state index contributed by atoms with van der Waals surface area (Å²) in [6.07, 6.45) is 6.28. The molecule has 0 N–H and O–H groups in total. The lowest BCUT2D eigenvalue weighted by Crippen LogP contribution is -2.28. The van der Waals surface area contributed by atoms with Crippen LogP contribution in [0.5, 0.6) is 5.75 Å². The fraction of sp³-hybridized carbons (Fsp3) is 0.652. The summed E-state index contributed by atoms with van der Waals surface area (Å²) < 4.78 is 11.3. The minimum atomic E-state index is 0.795. The summed E-state index contributed by atoms with van der Waals surface area (Å²) >= 11 is 0. The van der Waals surface area contributed by atoms with Crippen LogP contribution in [0.15, 0.2) is 22.6 Å². The number of rotatable bonds is 11. The number of methoxy groups -OCH3 is 1. The fourth-order valence-electron chi connectivity index (χ4n) is 4.07. The van der Waals surface area contributed by atoms with Crippen molar-refractivity contribution < 1.29 is 9.15 Å². The van der Waals surface area contributed by atoms with Gasteiger partial charge in [-0.25, -0.2) is 0 Å². The van der Waals surface area contributed by atoms with Crippen molar-refractivity contribution in [2.75, 3.05) is 27.2 Å². The summed E-state index contributed by atoms with van der Waals surface area (Å²) in [5.41, 5.74) is 2.28. The van der Waals surface area contributed by atoms with E-state index in [2.05, 4.69) is 45.7 Å². The SMILES string of the molecule is CCC[C@H](C)CC(CC)CN(C)CCc1c(C)oc2ccc(OC)cc12. The first-order chi connectivity index (χ1) is 12.5. The molecule has 0 aliphatic heterocycles. The van der Waals surface area contributed by atoms with Crippen LogP contribution in [0.4, 0.5) is 0 Å². The van der Waals surface area contributed by atoms with Crippen molar-refractivity contribution in [3.63, 3.8) is 0 Å². The van der Waals surface area contributed by atoms with Gasteiger partial charge in [0.1, 0.15) is 17.1 Å². The molecule has 0 bridgehead atoms. The maximum Gasteiger partial charge on any atom is 0.134 e. The molecule has 2 rings (SSSR count). The third kappa shape index (κ3) is 5.51. The van der Waals surface area contributed by atoms with Gasteiger partial charge in [0.15, 0.2) is 0 Å². The number of benzene rings is 1. The van der Waals surface area contributed by atoms with Crippen LogP contribution in [0.2, 0.25) is 0 Å². The van der Waals surface area contributed by atoms with Crippen molar-refractivity contribution in [1.82, 2.24) is 4.90 Å². The summed E-state index contributed by atoms with van der Waals surface area (Å²) in [6.45, 7) is 11.3. The van der Waals surface area contributed by atoms with Crippen LogP contribution in [0.25, 0.3) is 11.0 Å². The van der Waals surface area contributed by atoms with Crippen molar-refractivity contribution in [2.45, 2.75) is 59.8 Å². The largest absolute Gasteiger partial charge is 0.497 e. The average Bonchev–Trinajstić information content (AvgIpc) is 2.93. The first kappa shape index (κ1) is 20.8. The van der Waals surface area contributed by atoms with Gasteiger partial charge < -0.3 is 14.1 Å². The van der Waals surface area contributed by atoms with Crippen LogP contribution < -0.4 is 4.74 Å². The lowest BCUT2D eigenvalue weighted by Gasteiger charge is -2.25. The van der Waals surface area contributed by atoms with Crippen LogP contribution in [-0.4, -0.2) is 32.1 Å². The van der Waals surface area contributed by atoms with Gasteiger partial charge >= 0.3 is 0 Å². The number of ether oxygens (including phenoxy) is 1. The zero-order valence-corrected chi connectivity index (χ0v) is 17.6. The molecule has 0 saturated heterocycles. The Labute approximate surface area is 159 Å². The van der Waals surface area contributed by atoms with Gasteiger partial charge in [0, 0.05) is 24.0 Å². The van der Waals surface area contributed by atoms with Crippen LogP contribution in [0.3, 0.4) is 0 Å². The lowest BCUT2D eigenvalue weighted by atomic mass is 9.90. The number of fused-ring (bicyclic) bond motifs is 1. The van der Waals surface area contributed by atoms with Gasteiger partial charge in [0.05, 0.1) is 7.11 Å². The number of furan rings is 1. The first-order valence-corrected chi connectivity index (χ1v) is 10.2. The van der Waals surface area contributed by atoms with Gasteiger partial charge in [-0.3, -0.25) is 0 Å². The highest BCUT2D eigenvalue weighted by Gasteiger charge is 2.16. The van der Waals surface area contributed by atoms with Crippen LogP contribution >= 0.6 is 0 Å². The van der Waals surface area contributed by atoms with Crippen molar-refractivity contribution >= 4 is 11.0 Å². The van der Waals surface area contributed by atoms with Gasteiger partial charge in [-0.2, -0.15) is 0 Å². The molecular formula is C23H37NO2. The molecule has 26 heavy (non-hydrogen) atoms. The predicted octanol–water partition coefficient (Wildman–Crippen LogP) is 6.08. The van der Waals surface area contributed by atoms with Gasteiger partial charge in [-0.15, -0.1) is 0 Å². The summed E-state index contributed by atoms with van der Waals surface area (Å²) in [5.74, 6) is 3.56. The van der Waals surface area contributed by atoms with Gasteiger partial charge in [-0.05, 0) is 56.8 Å². The monoisotopic (exact) mass is 359 g/mol. The topological polar surface area (TPSA) is 25.6 Å². The van der Waals surface area contributed by atoms with E-state index in [0.29, 0.717) is 0 Å². The number of nitrogens with zero attached hydrogens (tertiary/aromatic N) is 1. The smallest absolute Gasteiger partial charge is 0.134 e. The van der Waals surface area contributed by atoms with E-state index in [1.54, 1.807) is 7.11 Å². The van der Waals surface area contributed by atoms with Crippen molar-refractivity contribution in [2.24, 2.45) is 11.8 Å². The molecule has 0 fully saturated rings. The first-order valence-electron chi connectivity index (χ1n) is 10.2. The zero-order valence-electron chi connectivity index (χ0n) is 17.6. The minimum absolute atomic E-state index is 0.795. The normalized spacial score (nSPS) is 14.1. The molecule has 0 spiro atoms. The molecule has 1 aromatic carbocycles. The predicted molar refractivity (Wildman–Crippen MR) is 111 cm³/mol. The second-order valence-electron chi connectivity index (χ2n) is 7.91. The van der Waals surface area contributed by atoms with E-state index in [1.807, 2.05) is 12.1 Å². The fourth-order valence-corrected chi connectivity index (χ4v) is 4.07. The van der Waals surface area contributed by atoms with Gasteiger partial charge in [-0.1, -0.05) is 40.0 Å². The highest BCUT2D eigenvalue weighted by molar-refractivity contribution is 5.83. The van der Waals surface area contributed by atoms with Crippen molar-refractivity contribution in [1.29, 1.82) is 0 Å². The number of hydrogen-bond acceptors (Lipinski definition) is 3. The standard InChI is InChI=1S/C23H37NO2/c1-7-9-17(3)14-19(8-2)16-24(5)13-12-21-18(4)26-23-11-10-20(25-6)15-22(21)23/h10-11,15,17,19H,7-9,12-14,16H2,1-6H3/t17-,19?/m0/s1. The summed E-state index contributed by atoms with van der Waals surface area (Å²) in [4.78, 5) is 2.49. The summed E-state index contributed by atoms with van der Waals surface area (Å²) in [7, 11) is 3.97. The van der Waals surface area contributed by atoms with Crippen LogP contribution in [0, 0.1) is 18.8 Å². The Balaban J connectivity index is 1.97. The Morgan fingerprint density at radius 1 is 1.23 bits per heavy atom. The van der Waals surface area contributed by atoms with Crippen molar-refractivity contribution in [3.8, 4) is 5.75 Å². The Bertz CT molecular complexity index is 676. The second-order valence-corrected chi connectivity index (χ2v) is 7.91. The third-order valence-electron chi connectivity index (χ3n) is 5.61. The van der Waals surface area contributed by atoms with Crippen LogP contribution in [0.1, 0.15) is 57.8 Å². The molecule has 3 heteroatoms. The molecule has 0 aliphatic rings. The number of aryl methyl sites for hydroxylation is 1. The second kappa shape index (κ2) is 10.0. The summed E-state index contributed by atoms with van der Waals surface area (Å²) in [5, 5.41) is 1.19. The van der Waals surface area contributed by atoms with E-state index < -0.39 is 0 Å². The highest BCUT2D eigenvalue weighted by Crippen LogP contribution is 2.29. The van der Waals surface area contributed by atoms with Gasteiger partial charge in [0.2, 0.25) is 0 Å². The van der Waals surface area contributed by atoms with E-state index in [9.17, 15) is 0 Å². The maximum absolute atomic E-state index is 5.94. The van der Waals surface area contributed by atoms with Crippen molar-refractivity contribution in [3.05, 3.63) is 29.5 Å². The molecule has 0 radical (unpaired) electrons. The highest BCUT2D eigenvalue weighted by atomic mass is 16.5. The maximum atomic E-state index is 5.94. The number of hydrogen-bond donors (Lipinski definition) is 0. The Hall–Kier alpha value is -1.48. The van der Waals surface area contributed by atoms with E-state index in [-0.39, 0.29) is 0 Å². The molecule has 2 atom stereocenters. The van der Waals surface area contributed by atoms with E-state index in [0.717, 1.165) is 41.9 Å². The van der Waals surface area contributed by atoms with Crippen LogP contribution in [-0.2, 0) is 6.42 Å². The molecule has 0 aliphatic carbocycles. The Kier molecular flexibility index (Phi) is 8.02. The third-order valence-corrected chi connectivity index (χ3v) is 5.61. The average molecular weight is 360 g/mol. The molecule has 1 unspecified atom stereocenters. The molecule has 3 nitrogen and oxygen atoms in total. The molecule has 2 aromatic rings. The quantitative estimate of drug-likeness (QED) is 0.486. The molecular weight excluding hydrogens is 322 g/mol. The number of likely N-dealkylation sites (N-methyl/N-ethyl adjacent to an activating group) is 1. The zero-order chi connectivity index (χ0) is 19.1. The van der Waals surface area contributed by atoms with Gasteiger partial charge in [0.25, 0.3) is 0 Å². The molecule has 146 valence electrons. The minimum Gasteiger partial charge on any atom is -0.497 e.